The molecule has 0 aliphatic carbocycles. The van der Waals surface area contributed by atoms with Crippen molar-refractivity contribution in [3.63, 3.8) is 0 Å². The van der Waals surface area contributed by atoms with Gasteiger partial charge in [0.25, 0.3) is 0 Å². The Balaban J connectivity index is 2.47. The third kappa shape index (κ3) is 3.91. The summed E-state index contributed by atoms with van der Waals surface area (Å²) in [5, 5.41) is 0.671. The highest BCUT2D eigenvalue weighted by Crippen LogP contribution is 2.15. The van der Waals surface area contributed by atoms with Crippen molar-refractivity contribution in [2.45, 2.75) is 6.92 Å². The first-order valence-electron chi connectivity index (χ1n) is 4.85. The van der Waals surface area contributed by atoms with Crippen molar-refractivity contribution < 1.29 is 9.53 Å². The molecular formula is C13H13ClO2. The lowest BCUT2D eigenvalue weighted by molar-refractivity contribution is -0.137. The van der Waals surface area contributed by atoms with E-state index in [9.17, 15) is 4.79 Å². The van der Waals surface area contributed by atoms with E-state index in [4.69, 9.17) is 16.3 Å². The summed E-state index contributed by atoms with van der Waals surface area (Å²) in [6.45, 7) is 5.32. The summed E-state index contributed by atoms with van der Waals surface area (Å²) in [6.07, 6.45) is 3.55. The molecule has 0 heterocycles. The Labute approximate surface area is 100 Å². The quantitative estimate of drug-likeness (QED) is 0.591. The summed E-state index contributed by atoms with van der Waals surface area (Å²) in [5.41, 5.74) is 1.29. The van der Waals surface area contributed by atoms with Gasteiger partial charge in [-0.2, -0.15) is 0 Å². The van der Waals surface area contributed by atoms with Crippen LogP contribution in [-0.4, -0.2) is 12.6 Å². The van der Waals surface area contributed by atoms with Gasteiger partial charge in [0.15, 0.2) is 0 Å². The van der Waals surface area contributed by atoms with Crippen LogP contribution in [0.4, 0.5) is 0 Å². The topological polar surface area (TPSA) is 26.3 Å². The first-order valence-corrected chi connectivity index (χ1v) is 5.23. The average molecular weight is 237 g/mol. The van der Waals surface area contributed by atoms with Crippen molar-refractivity contribution in [3.8, 4) is 0 Å². The Morgan fingerprint density at radius 3 is 2.81 bits per heavy atom. The molecule has 0 amide bonds. The molecule has 0 atom stereocenters. The normalized spacial score (nSPS) is 10.4. The minimum Gasteiger partial charge on any atom is -0.458 e. The molecule has 1 rings (SSSR count). The number of ether oxygens (including phenoxy) is 1. The number of carbonyl (C=O) groups is 1. The van der Waals surface area contributed by atoms with E-state index in [0.29, 0.717) is 10.6 Å². The van der Waals surface area contributed by atoms with Crippen molar-refractivity contribution >= 4 is 23.6 Å². The van der Waals surface area contributed by atoms with Crippen molar-refractivity contribution in [1.29, 1.82) is 0 Å². The van der Waals surface area contributed by atoms with E-state index in [0.717, 1.165) is 5.56 Å². The van der Waals surface area contributed by atoms with Gasteiger partial charge in [-0.25, -0.2) is 4.79 Å². The summed E-state index contributed by atoms with van der Waals surface area (Å²) in [6, 6.07) is 7.45. The fourth-order valence-electron chi connectivity index (χ4n) is 1.03. The molecule has 0 spiro atoms. The van der Waals surface area contributed by atoms with Crippen LogP contribution in [0.3, 0.4) is 0 Å². The van der Waals surface area contributed by atoms with Gasteiger partial charge in [0.05, 0.1) is 0 Å². The molecule has 0 fully saturated rings. The smallest absolute Gasteiger partial charge is 0.333 e. The Morgan fingerprint density at radius 2 is 2.19 bits per heavy atom. The highest BCUT2D eigenvalue weighted by molar-refractivity contribution is 6.32. The summed E-state index contributed by atoms with van der Waals surface area (Å²) < 4.78 is 4.90. The van der Waals surface area contributed by atoms with Crippen LogP contribution in [0.15, 0.2) is 42.5 Å². The van der Waals surface area contributed by atoms with Crippen LogP contribution in [0.2, 0.25) is 5.02 Å². The van der Waals surface area contributed by atoms with Crippen LogP contribution in [0.1, 0.15) is 12.5 Å². The lowest BCUT2D eigenvalue weighted by Gasteiger charge is -2.00. The van der Waals surface area contributed by atoms with Gasteiger partial charge in [0.1, 0.15) is 6.61 Å². The van der Waals surface area contributed by atoms with Crippen LogP contribution in [0, 0.1) is 0 Å². The van der Waals surface area contributed by atoms with Gasteiger partial charge < -0.3 is 4.74 Å². The van der Waals surface area contributed by atoms with Crippen LogP contribution < -0.4 is 0 Å². The maximum absolute atomic E-state index is 11.0. The number of hydrogen-bond donors (Lipinski definition) is 0. The zero-order valence-electron chi connectivity index (χ0n) is 9.07. The fourth-order valence-corrected chi connectivity index (χ4v) is 1.23. The van der Waals surface area contributed by atoms with Crippen LogP contribution in [0.5, 0.6) is 0 Å². The Morgan fingerprint density at radius 1 is 1.50 bits per heavy atom. The lowest BCUT2D eigenvalue weighted by Crippen LogP contribution is -2.04. The van der Waals surface area contributed by atoms with Gasteiger partial charge in [-0.05, 0) is 24.6 Å². The van der Waals surface area contributed by atoms with Gasteiger partial charge in [-0.3, -0.25) is 0 Å². The second-order valence-corrected chi connectivity index (χ2v) is 3.71. The molecular weight excluding hydrogens is 224 g/mol. The SMILES string of the molecule is C=C(C)C(=O)OC/C=C/c1ccccc1Cl. The molecule has 3 heteroatoms. The minimum atomic E-state index is -0.385. The van der Waals surface area contributed by atoms with Crippen molar-refractivity contribution in [1.82, 2.24) is 0 Å². The Hall–Kier alpha value is -1.54. The van der Waals surface area contributed by atoms with E-state index in [1.165, 1.54) is 0 Å². The van der Waals surface area contributed by atoms with E-state index in [1.54, 1.807) is 19.1 Å². The predicted molar refractivity (Wildman–Crippen MR) is 66.3 cm³/mol. The standard InChI is InChI=1S/C13H13ClO2/c1-10(2)13(15)16-9-5-7-11-6-3-4-8-12(11)14/h3-8H,1,9H2,2H3/b7-5+. The van der Waals surface area contributed by atoms with E-state index >= 15 is 0 Å². The summed E-state index contributed by atoms with van der Waals surface area (Å²) in [7, 11) is 0. The summed E-state index contributed by atoms with van der Waals surface area (Å²) in [4.78, 5) is 11.0. The molecule has 1 aromatic rings. The van der Waals surface area contributed by atoms with Crippen LogP contribution >= 0.6 is 11.6 Å². The zero-order valence-corrected chi connectivity index (χ0v) is 9.83. The average Bonchev–Trinajstić information content (AvgIpc) is 2.26. The molecule has 0 bridgehead atoms. The fraction of sp³-hybridized carbons (Fsp3) is 0.154. The van der Waals surface area contributed by atoms with Crippen LogP contribution in [0.25, 0.3) is 6.08 Å². The van der Waals surface area contributed by atoms with E-state index in [-0.39, 0.29) is 12.6 Å². The molecule has 2 nitrogen and oxygen atoms in total. The number of rotatable bonds is 4. The largest absolute Gasteiger partial charge is 0.458 e. The number of esters is 1. The lowest BCUT2D eigenvalue weighted by atomic mass is 10.2. The molecule has 0 unspecified atom stereocenters. The van der Waals surface area contributed by atoms with Gasteiger partial charge in [0, 0.05) is 10.6 Å². The molecule has 0 aliphatic rings. The molecule has 84 valence electrons. The van der Waals surface area contributed by atoms with Crippen LogP contribution in [-0.2, 0) is 9.53 Å². The highest BCUT2D eigenvalue weighted by atomic mass is 35.5. The van der Waals surface area contributed by atoms with E-state index in [2.05, 4.69) is 6.58 Å². The number of benzene rings is 1. The van der Waals surface area contributed by atoms with Gasteiger partial charge in [-0.15, -0.1) is 0 Å². The maximum atomic E-state index is 11.0. The molecule has 1 aromatic carbocycles. The summed E-state index contributed by atoms with van der Waals surface area (Å²) in [5.74, 6) is -0.385. The van der Waals surface area contributed by atoms with Gasteiger partial charge >= 0.3 is 5.97 Å². The third-order valence-electron chi connectivity index (χ3n) is 1.86. The van der Waals surface area contributed by atoms with Crippen molar-refractivity contribution in [2.75, 3.05) is 6.61 Å². The maximum Gasteiger partial charge on any atom is 0.333 e. The second kappa shape index (κ2) is 6.13. The van der Waals surface area contributed by atoms with Gasteiger partial charge in [-0.1, -0.05) is 42.5 Å². The highest BCUT2D eigenvalue weighted by Gasteiger charge is 2.00. The molecule has 0 saturated carbocycles. The Bertz CT molecular complexity index is 422. The molecule has 0 N–H and O–H groups in total. The molecule has 16 heavy (non-hydrogen) atoms. The number of hydrogen-bond acceptors (Lipinski definition) is 2. The molecule has 0 aliphatic heterocycles. The predicted octanol–water partition coefficient (Wildman–Crippen LogP) is 3.47. The molecule has 0 radical (unpaired) electrons. The summed E-state index contributed by atoms with van der Waals surface area (Å²) >= 11 is 5.94. The Kier molecular flexibility index (Phi) is 4.80. The second-order valence-electron chi connectivity index (χ2n) is 3.30. The van der Waals surface area contributed by atoms with E-state index < -0.39 is 0 Å². The minimum absolute atomic E-state index is 0.219. The monoisotopic (exact) mass is 236 g/mol. The third-order valence-corrected chi connectivity index (χ3v) is 2.21. The van der Waals surface area contributed by atoms with Crippen molar-refractivity contribution in [2.24, 2.45) is 0 Å². The first-order chi connectivity index (χ1) is 7.61. The van der Waals surface area contributed by atoms with E-state index in [1.807, 2.05) is 24.3 Å². The number of halogens is 1. The zero-order chi connectivity index (χ0) is 12.0. The number of carbonyl (C=O) groups excluding carboxylic acids is 1. The molecule has 0 saturated heterocycles. The van der Waals surface area contributed by atoms with Gasteiger partial charge in [0.2, 0.25) is 0 Å². The molecule has 0 aromatic heterocycles. The first kappa shape index (κ1) is 12.5. The van der Waals surface area contributed by atoms with Crippen molar-refractivity contribution in [3.05, 3.63) is 53.1 Å².